The summed E-state index contributed by atoms with van der Waals surface area (Å²) in [5.74, 6) is 0.857. The van der Waals surface area contributed by atoms with Crippen molar-refractivity contribution in [2.75, 3.05) is 5.73 Å². The number of nitrogens with one attached hydrogen (secondary N) is 1. The van der Waals surface area contributed by atoms with Gasteiger partial charge in [0.15, 0.2) is 5.82 Å². The Morgan fingerprint density at radius 2 is 2.21 bits per heavy atom. The molecule has 0 aromatic carbocycles. The van der Waals surface area contributed by atoms with Crippen LogP contribution in [-0.2, 0) is 7.05 Å². The Bertz CT molecular complexity index is 512. The maximum absolute atomic E-state index is 5.45. The molecule has 0 fully saturated rings. The van der Waals surface area contributed by atoms with Crippen LogP contribution in [0, 0.1) is 4.77 Å². The van der Waals surface area contributed by atoms with Crippen LogP contribution in [0.15, 0.2) is 0 Å². The van der Waals surface area contributed by atoms with Gasteiger partial charge in [0.05, 0.1) is 7.05 Å². The number of H-pyrrole nitrogens is 1. The fraction of sp³-hybridized carbons (Fsp3) is 0.200. The van der Waals surface area contributed by atoms with Crippen LogP contribution in [0.2, 0.25) is 0 Å². The molecule has 0 saturated carbocycles. The van der Waals surface area contributed by atoms with E-state index in [-0.39, 0.29) is 10.7 Å². The van der Waals surface area contributed by atoms with Crippen molar-refractivity contribution in [2.24, 2.45) is 7.05 Å². The lowest BCUT2D eigenvalue weighted by Gasteiger charge is -1.95. The predicted molar refractivity (Wildman–Crippen MR) is 49.4 cm³/mol. The lowest BCUT2D eigenvalue weighted by Crippen LogP contribution is -2.01. The summed E-state index contributed by atoms with van der Waals surface area (Å²) in [6.07, 6.45) is 0. The summed E-state index contributed by atoms with van der Waals surface area (Å²) in [5, 5.41) is 11.3. The molecule has 72 valence electrons. The van der Waals surface area contributed by atoms with Crippen molar-refractivity contribution in [3.8, 4) is 11.6 Å². The number of hydrogen-bond donors (Lipinski definition) is 2. The first-order valence-electron chi connectivity index (χ1n) is 3.63. The van der Waals surface area contributed by atoms with Crippen LogP contribution in [-0.4, -0.2) is 35.2 Å². The van der Waals surface area contributed by atoms with Crippen LogP contribution in [0.25, 0.3) is 11.6 Å². The highest BCUT2D eigenvalue weighted by Gasteiger charge is 2.07. The quantitative estimate of drug-likeness (QED) is 0.599. The third-order valence-electron chi connectivity index (χ3n) is 1.39. The standard InChI is InChI=1S/C5H6N8S/c1-13-11-3(10-12-13)2-7-4(6)9-5(14)8-2/h1H3,(H3,6,7,8,9,14). The highest BCUT2D eigenvalue weighted by Crippen LogP contribution is 2.06. The minimum absolute atomic E-state index is 0.142. The average Bonchev–Trinajstić information content (AvgIpc) is 2.50. The zero-order chi connectivity index (χ0) is 10.1. The fourth-order valence-electron chi connectivity index (χ4n) is 0.886. The largest absolute Gasteiger partial charge is 0.369 e. The monoisotopic (exact) mass is 210 g/mol. The van der Waals surface area contributed by atoms with E-state index in [1.165, 1.54) is 4.80 Å². The van der Waals surface area contributed by atoms with Gasteiger partial charge in [-0.15, -0.1) is 10.2 Å². The zero-order valence-corrected chi connectivity index (χ0v) is 7.99. The molecule has 8 nitrogen and oxygen atoms in total. The van der Waals surface area contributed by atoms with Crippen LogP contribution in [0.3, 0.4) is 0 Å². The number of nitrogen functional groups attached to an aromatic ring is 1. The number of rotatable bonds is 1. The van der Waals surface area contributed by atoms with Gasteiger partial charge in [-0.2, -0.15) is 14.8 Å². The second-order valence-corrected chi connectivity index (χ2v) is 2.83. The topological polar surface area (TPSA) is 111 Å². The van der Waals surface area contributed by atoms with Crippen LogP contribution >= 0.6 is 12.2 Å². The molecular weight excluding hydrogens is 204 g/mol. The molecule has 0 bridgehead atoms. The van der Waals surface area contributed by atoms with E-state index in [0.29, 0.717) is 11.6 Å². The summed E-state index contributed by atoms with van der Waals surface area (Å²) in [6.45, 7) is 0. The van der Waals surface area contributed by atoms with E-state index in [4.69, 9.17) is 18.0 Å². The maximum atomic E-state index is 5.45. The predicted octanol–water partition coefficient (Wildman–Crippen LogP) is -0.693. The number of aromatic nitrogens is 7. The van der Waals surface area contributed by atoms with E-state index in [9.17, 15) is 0 Å². The van der Waals surface area contributed by atoms with E-state index in [1.807, 2.05) is 0 Å². The summed E-state index contributed by atoms with van der Waals surface area (Å²) in [7, 11) is 1.65. The van der Waals surface area contributed by atoms with E-state index in [1.54, 1.807) is 7.05 Å². The summed E-state index contributed by atoms with van der Waals surface area (Å²) >= 11 is 4.79. The van der Waals surface area contributed by atoms with E-state index in [0.717, 1.165) is 0 Å². The number of hydrogen-bond acceptors (Lipinski definition) is 7. The Kier molecular flexibility index (Phi) is 1.93. The molecule has 0 aliphatic heterocycles. The van der Waals surface area contributed by atoms with Gasteiger partial charge in [-0.3, -0.25) is 0 Å². The summed E-state index contributed by atoms with van der Waals surface area (Å²) < 4.78 is 0.142. The minimum atomic E-state index is 0.142. The molecule has 9 heteroatoms. The van der Waals surface area contributed by atoms with Gasteiger partial charge in [0, 0.05) is 0 Å². The van der Waals surface area contributed by atoms with Gasteiger partial charge >= 0.3 is 0 Å². The molecule has 0 amide bonds. The Labute approximate surface area is 83.2 Å². The molecule has 0 aliphatic carbocycles. The number of aromatic amines is 1. The summed E-state index contributed by atoms with van der Waals surface area (Å²) in [5.41, 5.74) is 5.45. The van der Waals surface area contributed by atoms with Crippen molar-refractivity contribution in [3.05, 3.63) is 4.77 Å². The Morgan fingerprint density at radius 3 is 2.79 bits per heavy atom. The van der Waals surface area contributed by atoms with Gasteiger partial charge in [-0.25, -0.2) is 0 Å². The van der Waals surface area contributed by atoms with E-state index < -0.39 is 0 Å². The first-order chi connectivity index (χ1) is 6.65. The van der Waals surface area contributed by atoms with Crippen LogP contribution in [0.1, 0.15) is 0 Å². The molecule has 0 radical (unpaired) electrons. The molecule has 14 heavy (non-hydrogen) atoms. The van der Waals surface area contributed by atoms with Crippen molar-refractivity contribution in [2.45, 2.75) is 0 Å². The Balaban J connectivity index is 2.56. The third-order valence-corrected chi connectivity index (χ3v) is 1.57. The smallest absolute Gasteiger partial charge is 0.240 e. The van der Waals surface area contributed by atoms with Crippen molar-refractivity contribution in [1.29, 1.82) is 0 Å². The normalized spacial score (nSPS) is 10.4. The van der Waals surface area contributed by atoms with Crippen LogP contribution in [0.4, 0.5) is 5.95 Å². The molecule has 2 rings (SSSR count). The molecule has 0 spiro atoms. The molecular formula is C5H6N8S. The minimum Gasteiger partial charge on any atom is -0.369 e. The average molecular weight is 210 g/mol. The van der Waals surface area contributed by atoms with Crippen LogP contribution < -0.4 is 5.73 Å². The van der Waals surface area contributed by atoms with Gasteiger partial charge in [-0.05, 0) is 17.4 Å². The second kappa shape index (κ2) is 3.10. The molecule has 2 aromatic heterocycles. The number of nitrogens with zero attached hydrogens (tertiary/aromatic N) is 6. The summed E-state index contributed by atoms with van der Waals surface area (Å²) in [6, 6.07) is 0. The number of tetrazole rings is 1. The Morgan fingerprint density at radius 1 is 1.43 bits per heavy atom. The third kappa shape index (κ3) is 1.57. The Hall–Kier alpha value is -1.90. The first-order valence-corrected chi connectivity index (χ1v) is 4.04. The highest BCUT2D eigenvalue weighted by molar-refractivity contribution is 7.71. The number of anilines is 1. The van der Waals surface area contributed by atoms with E-state index in [2.05, 4.69) is 30.4 Å². The van der Waals surface area contributed by atoms with Gasteiger partial charge in [0.1, 0.15) is 0 Å². The molecule has 2 heterocycles. The lowest BCUT2D eigenvalue weighted by atomic mass is 10.6. The molecule has 0 saturated heterocycles. The second-order valence-electron chi connectivity index (χ2n) is 2.47. The van der Waals surface area contributed by atoms with Crippen molar-refractivity contribution >= 4 is 18.2 Å². The van der Waals surface area contributed by atoms with Gasteiger partial charge in [0.2, 0.25) is 16.5 Å². The molecule has 0 atom stereocenters. The SMILES string of the molecule is Cn1nnc(-c2nc(=S)nc(N)[nH]2)n1. The molecule has 3 N–H and O–H groups in total. The van der Waals surface area contributed by atoms with E-state index >= 15 is 0 Å². The first kappa shape index (κ1) is 8.69. The fourth-order valence-corrected chi connectivity index (χ4v) is 1.08. The van der Waals surface area contributed by atoms with Crippen molar-refractivity contribution in [1.82, 2.24) is 35.2 Å². The summed E-state index contributed by atoms with van der Waals surface area (Å²) in [4.78, 5) is 11.6. The van der Waals surface area contributed by atoms with Crippen LogP contribution in [0.5, 0.6) is 0 Å². The van der Waals surface area contributed by atoms with Gasteiger partial charge in [-0.1, -0.05) is 0 Å². The maximum Gasteiger partial charge on any atom is 0.240 e. The van der Waals surface area contributed by atoms with Crippen molar-refractivity contribution in [3.63, 3.8) is 0 Å². The molecule has 2 aromatic rings. The number of aryl methyl sites for hydroxylation is 1. The number of nitrogens with two attached hydrogens (primary N) is 1. The zero-order valence-electron chi connectivity index (χ0n) is 7.17. The van der Waals surface area contributed by atoms with Gasteiger partial charge < -0.3 is 10.7 Å². The van der Waals surface area contributed by atoms with Crippen molar-refractivity contribution < 1.29 is 0 Å². The highest BCUT2D eigenvalue weighted by atomic mass is 32.1. The molecule has 0 unspecified atom stereocenters. The molecule has 0 aliphatic rings. The van der Waals surface area contributed by atoms with Gasteiger partial charge in [0.25, 0.3) is 0 Å². The lowest BCUT2D eigenvalue weighted by molar-refractivity contribution is 0.630.